The molecular formula is C30H44O9. The van der Waals surface area contributed by atoms with Crippen LogP contribution in [-0.4, -0.2) is 83.2 Å². The number of carbonyl (C=O) groups excluding carboxylic acids is 2. The van der Waals surface area contributed by atoms with Crippen molar-refractivity contribution in [2.45, 2.75) is 115 Å². The average Bonchev–Trinajstić information content (AvgIpc) is 3.45. The Balaban J connectivity index is 1.21. The van der Waals surface area contributed by atoms with Crippen molar-refractivity contribution in [2.75, 3.05) is 13.7 Å². The summed E-state index contributed by atoms with van der Waals surface area (Å²) in [5.41, 5.74) is -1.91. The molecule has 0 radical (unpaired) electrons. The molecule has 4 saturated carbocycles. The first-order valence-electron chi connectivity index (χ1n) is 14.8. The van der Waals surface area contributed by atoms with Crippen LogP contribution in [-0.2, 0) is 28.5 Å². The zero-order chi connectivity index (χ0) is 27.9. The molecule has 9 nitrogen and oxygen atoms in total. The summed E-state index contributed by atoms with van der Waals surface area (Å²) in [6.07, 6.45) is 4.01. The molecule has 13 atom stereocenters. The van der Waals surface area contributed by atoms with Crippen molar-refractivity contribution in [1.29, 1.82) is 0 Å². The van der Waals surface area contributed by atoms with Crippen molar-refractivity contribution >= 4 is 11.8 Å². The first-order valence-corrected chi connectivity index (χ1v) is 14.8. The van der Waals surface area contributed by atoms with E-state index in [2.05, 4.69) is 6.92 Å². The van der Waals surface area contributed by atoms with E-state index in [1.54, 1.807) is 7.11 Å². The Kier molecular flexibility index (Phi) is 6.84. The molecular weight excluding hydrogens is 504 g/mol. The molecule has 0 aromatic rings. The molecule has 0 bridgehead atoms. The van der Waals surface area contributed by atoms with Crippen LogP contribution in [0.5, 0.6) is 0 Å². The van der Waals surface area contributed by atoms with Crippen molar-refractivity contribution < 1.29 is 43.9 Å². The predicted molar refractivity (Wildman–Crippen MR) is 138 cm³/mol. The van der Waals surface area contributed by atoms with E-state index >= 15 is 0 Å². The van der Waals surface area contributed by atoms with Gasteiger partial charge in [0.25, 0.3) is 0 Å². The third-order valence-corrected chi connectivity index (χ3v) is 12.1. The van der Waals surface area contributed by atoms with Gasteiger partial charge in [-0.25, -0.2) is 4.79 Å². The first-order chi connectivity index (χ1) is 18.4. The molecule has 2 heterocycles. The molecule has 9 heteroatoms. The molecule has 0 amide bonds. The Bertz CT molecular complexity index is 1040. The van der Waals surface area contributed by atoms with Gasteiger partial charge >= 0.3 is 5.97 Å². The van der Waals surface area contributed by atoms with Gasteiger partial charge in [0.1, 0.15) is 18.8 Å². The second kappa shape index (κ2) is 9.60. The Morgan fingerprint density at radius 1 is 1.05 bits per heavy atom. The largest absolute Gasteiger partial charge is 0.458 e. The fourth-order valence-electron chi connectivity index (χ4n) is 9.86. The van der Waals surface area contributed by atoms with Crippen molar-refractivity contribution in [3.05, 3.63) is 11.6 Å². The van der Waals surface area contributed by atoms with E-state index in [1.165, 1.54) is 6.08 Å². The lowest BCUT2D eigenvalue weighted by Crippen LogP contribution is -2.70. The van der Waals surface area contributed by atoms with Gasteiger partial charge in [0.15, 0.2) is 12.1 Å². The van der Waals surface area contributed by atoms with Gasteiger partial charge in [0, 0.05) is 25.5 Å². The van der Waals surface area contributed by atoms with Gasteiger partial charge in [-0.05, 0) is 87.5 Å². The summed E-state index contributed by atoms with van der Waals surface area (Å²) in [6.45, 7) is 5.99. The molecule has 3 N–H and O–H groups in total. The molecule has 6 rings (SSSR count). The van der Waals surface area contributed by atoms with Gasteiger partial charge in [-0.15, -0.1) is 0 Å². The molecule has 2 aliphatic heterocycles. The minimum absolute atomic E-state index is 0.0166. The standard InChI is InChI=1S/C30H44O9/c1-15-25(32)21(36-4)13-23(38-15)39-18-7-9-28(2)17(12-18)5-6-20-24(28)26(33)27(34)29(3)19(8-10-30(20,29)35)16-11-22(31)37-14-16/h11,15,17-21,23-26,32-33,35H,5-10,12-14H2,1-4H3/t15-,17+,18-,19+,20?,21-,23-,24?,25+,26?,28-,29-,30-/m0/s1. The Labute approximate surface area is 230 Å². The highest BCUT2D eigenvalue weighted by molar-refractivity contribution is 5.93. The molecule has 3 unspecified atom stereocenters. The van der Waals surface area contributed by atoms with Crippen LogP contribution in [0.2, 0.25) is 0 Å². The number of hydrogen-bond acceptors (Lipinski definition) is 9. The lowest BCUT2D eigenvalue weighted by atomic mass is 9.42. The number of ketones is 1. The van der Waals surface area contributed by atoms with Gasteiger partial charge in [-0.1, -0.05) is 6.92 Å². The van der Waals surface area contributed by atoms with E-state index in [0.717, 1.165) is 37.7 Å². The van der Waals surface area contributed by atoms with Gasteiger partial charge in [0.2, 0.25) is 0 Å². The lowest BCUT2D eigenvalue weighted by molar-refractivity contribution is -0.275. The fraction of sp³-hybridized carbons (Fsp3) is 0.867. The number of fused-ring (bicyclic) bond motifs is 5. The number of Topliss-reactive ketones (excluding diaryl/α,β-unsaturated/α-hetero) is 1. The number of methoxy groups -OCH3 is 1. The normalized spacial score (nSPS) is 53.5. The maximum atomic E-state index is 14.1. The molecule has 218 valence electrons. The van der Waals surface area contributed by atoms with Crippen LogP contribution >= 0.6 is 0 Å². The summed E-state index contributed by atoms with van der Waals surface area (Å²) in [5, 5.41) is 34.3. The molecule has 5 fully saturated rings. The van der Waals surface area contributed by atoms with Gasteiger partial charge in [-0.2, -0.15) is 0 Å². The van der Waals surface area contributed by atoms with E-state index in [9.17, 15) is 24.9 Å². The number of cyclic esters (lactones) is 1. The Hall–Kier alpha value is -1.36. The summed E-state index contributed by atoms with van der Waals surface area (Å²) in [6, 6.07) is 0. The van der Waals surface area contributed by atoms with Gasteiger partial charge in [-0.3, -0.25) is 4.79 Å². The zero-order valence-corrected chi connectivity index (χ0v) is 23.5. The summed E-state index contributed by atoms with van der Waals surface area (Å²) >= 11 is 0. The Morgan fingerprint density at radius 2 is 1.82 bits per heavy atom. The first kappa shape index (κ1) is 27.8. The highest BCUT2D eigenvalue weighted by Gasteiger charge is 2.73. The van der Waals surface area contributed by atoms with Crippen molar-refractivity contribution in [1.82, 2.24) is 0 Å². The zero-order valence-electron chi connectivity index (χ0n) is 23.5. The molecule has 1 saturated heterocycles. The SMILES string of the molecule is CO[C@H]1C[C@H](O[C@H]2CC[C@]3(C)C4C(O)C(=O)[C@]5(C)[C@@H](C6=CC(=O)OC6)CC[C@]5(O)C4CC[C@@H]3C2)O[C@@H](C)[C@H]1O. The van der Waals surface area contributed by atoms with Gasteiger partial charge in [0.05, 0.1) is 29.3 Å². The second-order valence-electron chi connectivity index (χ2n) is 13.6. The average molecular weight is 549 g/mol. The van der Waals surface area contributed by atoms with Crippen LogP contribution in [0.25, 0.3) is 0 Å². The molecule has 0 spiro atoms. The number of esters is 1. The van der Waals surface area contributed by atoms with E-state index in [4.69, 9.17) is 18.9 Å². The Morgan fingerprint density at radius 3 is 2.51 bits per heavy atom. The topological polar surface area (TPSA) is 132 Å². The van der Waals surface area contributed by atoms with Crippen LogP contribution in [0.3, 0.4) is 0 Å². The van der Waals surface area contributed by atoms with E-state index in [1.807, 2.05) is 13.8 Å². The van der Waals surface area contributed by atoms with Crippen LogP contribution in [0.15, 0.2) is 11.6 Å². The van der Waals surface area contributed by atoms with Crippen LogP contribution in [0, 0.1) is 34.5 Å². The van der Waals surface area contributed by atoms with E-state index in [0.29, 0.717) is 19.3 Å². The summed E-state index contributed by atoms with van der Waals surface area (Å²) in [5.74, 6) is -1.26. The number of ether oxygens (including phenoxy) is 4. The number of aliphatic hydroxyl groups is 3. The minimum atomic E-state index is -1.23. The molecule has 0 aromatic heterocycles. The molecule has 39 heavy (non-hydrogen) atoms. The minimum Gasteiger partial charge on any atom is -0.458 e. The number of hydrogen-bond donors (Lipinski definition) is 3. The molecule has 4 aliphatic carbocycles. The van der Waals surface area contributed by atoms with E-state index in [-0.39, 0.29) is 59.8 Å². The highest BCUT2D eigenvalue weighted by atomic mass is 16.7. The smallest absolute Gasteiger partial charge is 0.331 e. The maximum absolute atomic E-state index is 14.1. The van der Waals surface area contributed by atoms with Crippen molar-refractivity contribution in [2.24, 2.45) is 34.5 Å². The highest BCUT2D eigenvalue weighted by Crippen LogP contribution is 2.69. The number of carbonyl (C=O) groups is 2. The number of rotatable bonds is 4. The quantitative estimate of drug-likeness (QED) is 0.358. The van der Waals surface area contributed by atoms with Gasteiger partial charge < -0.3 is 34.3 Å². The van der Waals surface area contributed by atoms with E-state index < -0.39 is 35.5 Å². The van der Waals surface area contributed by atoms with Crippen LogP contribution in [0.4, 0.5) is 0 Å². The fourth-order valence-corrected chi connectivity index (χ4v) is 9.86. The summed E-state index contributed by atoms with van der Waals surface area (Å²) < 4.78 is 23.0. The molecule has 0 aromatic carbocycles. The maximum Gasteiger partial charge on any atom is 0.331 e. The van der Waals surface area contributed by atoms with Crippen LogP contribution < -0.4 is 0 Å². The molecule has 6 aliphatic rings. The summed E-state index contributed by atoms with van der Waals surface area (Å²) in [4.78, 5) is 25.9. The predicted octanol–water partition coefficient (Wildman–Crippen LogP) is 2.29. The van der Waals surface area contributed by atoms with Crippen molar-refractivity contribution in [3.8, 4) is 0 Å². The lowest BCUT2D eigenvalue weighted by Gasteiger charge is -2.64. The van der Waals surface area contributed by atoms with Crippen LogP contribution in [0.1, 0.15) is 72.1 Å². The summed E-state index contributed by atoms with van der Waals surface area (Å²) in [7, 11) is 1.59. The third kappa shape index (κ3) is 3.94. The number of aliphatic hydroxyl groups excluding tert-OH is 2. The monoisotopic (exact) mass is 548 g/mol. The third-order valence-electron chi connectivity index (χ3n) is 12.1. The van der Waals surface area contributed by atoms with Crippen molar-refractivity contribution in [3.63, 3.8) is 0 Å². The second-order valence-corrected chi connectivity index (χ2v) is 13.6.